The zero-order chi connectivity index (χ0) is 17.4. The van der Waals surface area contributed by atoms with Gasteiger partial charge in [-0.25, -0.2) is 8.42 Å². The number of nitrogens with one attached hydrogen (secondary N) is 2. The summed E-state index contributed by atoms with van der Waals surface area (Å²) in [6.45, 7) is 3.01. The Hall–Kier alpha value is -0.870. The molecule has 0 saturated heterocycles. The number of aliphatic imine (C=N–C) groups is 1. The van der Waals surface area contributed by atoms with Crippen molar-refractivity contribution < 1.29 is 13.2 Å². The number of benzene rings is 1. The molecule has 142 valence electrons. The molecule has 0 heterocycles. The number of ether oxygens (including phenoxy) is 1. The second-order valence-corrected chi connectivity index (χ2v) is 8.13. The summed E-state index contributed by atoms with van der Waals surface area (Å²) >= 11 is 0. The van der Waals surface area contributed by atoms with Gasteiger partial charge in [0.25, 0.3) is 0 Å². The van der Waals surface area contributed by atoms with Crippen molar-refractivity contribution in [1.29, 1.82) is 0 Å². The Balaban J connectivity index is 0.00000312. The zero-order valence-corrected chi connectivity index (χ0v) is 18.0. The summed E-state index contributed by atoms with van der Waals surface area (Å²) < 4.78 is 28.4. The SMILES string of the molecule is CN=C(NCCOCC1CC1)NCCc1ccc(S(C)(=O)=O)cc1.I. The van der Waals surface area contributed by atoms with Gasteiger partial charge in [-0.05, 0) is 42.9 Å². The third kappa shape index (κ3) is 8.87. The number of halogens is 1. The first-order valence-corrected chi connectivity index (χ1v) is 10.2. The Bertz CT molecular complexity index is 644. The molecule has 1 saturated carbocycles. The summed E-state index contributed by atoms with van der Waals surface area (Å²) in [6, 6.07) is 6.99. The van der Waals surface area contributed by atoms with Gasteiger partial charge in [-0.15, -0.1) is 24.0 Å². The number of hydrogen-bond acceptors (Lipinski definition) is 4. The summed E-state index contributed by atoms with van der Waals surface area (Å²) in [6.07, 6.45) is 4.63. The molecule has 0 aliphatic heterocycles. The van der Waals surface area contributed by atoms with Crippen LogP contribution in [0.5, 0.6) is 0 Å². The van der Waals surface area contributed by atoms with Crippen LogP contribution in [0.25, 0.3) is 0 Å². The van der Waals surface area contributed by atoms with Crippen molar-refractivity contribution in [3.05, 3.63) is 29.8 Å². The average Bonchev–Trinajstić information content (AvgIpc) is 3.37. The van der Waals surface area contributed by atoms with Crippen molar-refractivity contribution in [1.82, 2.24) is 10.6 Å². The molecule has 1 aliphatic carbocycles. The van der Waals surface area contributed by atoms with E-state index in [0.717, 1.165) is 43.6 Å². The second kappa shape index (κ2) is 11.0. The molecule has 0 amide bonds. The Kier molecular flexibility index (Phi) is 9.73. The van der Waals surface area contributed by atoms with Crippen LogP contribution in [0.4, 0.5) is 0 Å². The van der Waals surface area contributed by atoms with E-state index in [9.17, 15) is 8.42 Å². The number of sulfone groups is 1. The largest absolute Gasteiger partial charge is 0.379 e. The minimum atomic E-state index is -3.13. The Labute approximate surface area is 167 Å². The molecule has 25 heavy (non-hydrogen) atoms. The van der Waals surface area contributed by atoms with Gasteiger partial charge >= 0.3 is 0 Å². The van der Waals surface area contributed by atoms with E-state index in [4.69, 9.17) is 4.74 Å². The standard InChI is InChI=1S/C17H27N3O3S.HI/c1-18-17(20-11-12-23-13-15-3-4-15)19-10-9-14-5-7-16(8-6-14)24(2,21)22;/h5-8,15H,3-4,9-13H2,1-2H3,(H2,18,19,20);1H. The zero-order valence-electron chi connectivity index (χ0n) is 14.8. The van der Waals surface area contributed by atoms with Gasteiger partial charge in [-0.3, -0.25) is 4.99 Å². The molecular formula is C17H28IN3O3S. The quantitative estimate of drug-likeness (QED) is 0.244. The number of guanidine groups is 1. The van der Waals surface area contributed by atoms with Crippen LogP contribution in [0.15, 0.2) is 34.2 Å². The minimum absolute atomic E-state index is 0. The maximum absolute atomic E-state index is 11.4. The van der Waals surface area contributed by atoms with E-state index in [1.807, 2.05) is 12.1 Å². The Morgan fingerprint density at radius 1 is 1.20 bits per heavy atom. The first kappa shape index (κ1) is 22.2. The Morgan fingerprint density at radius 3 is 2.40 bits per heavy atom. The van der Waals surface area contributed by atoms with Crippen molar-refractivity contribution in [3.8, 4) is 0 Å². The van der Waals surface area contributed by atoms with E-state index in [0.29, 0.717) is 11.5 Å². The lowest BCUT2D eigenvalue weighted by Crippen LogP contribution is -2.39. The third-order valence-electron chi connectivity index (χ3n) is 3.87. The van der Waals surface area contributed by atoms with Gasteiger partial charge < -0.3 is 15.4 Å². The van der Waals surface area contributed by atoms with E-state index < -0.39 is 9.84 Å². The fraction of sp³-hybridized carbons (Fsp3) is 0.588. The smallest absolute Gasteiger partial charge is 0.191 e. The lowest BCUT2D eigenvalue weighted by Gasteiger charge is -2.12. The monoisotopic (exact) mass is 481 g/mol. The molecule has 0 bridgehead atoms. The summed E-state index contributed by atoms with van der Waals surface area (Å²) in [7, 11) is -1.39. The maximum Gasteiger partial charge on any atom is 0.191 e. The van der Waals surface area contributed by atoms with Gasteiger partial charge in [0.15, 0.2) is 15.8 Å². The van der Waals surface area contributed by atoms with E-state index in [1.54, 1.807) is 19.2 Å². The molecule has 0 spiro atoms. The lowest BCUT2D eigenvalue weighted by molar-refractivity contribution is 0.129. The molecule has 1 fully saturated rings. The first-order chi connectivity index (χ1) is 11.5. The molecule has 0 unspecified atom stereocenters. The fourth-order valence-electron chi connectivity index (χ4n) is 2.23. The highest BCUT2D eigenvalue weighted by Gasteiger charge is 2.20. The molecular weight excluding hydrogens is 453 g/mol. The molecule has 0 radical (unpaired) electrons. The predicted octanol–water partition coefficient (Wildman–Crippen LogP) is 1.84. The number of hydrogen-bond donors (Lipinski definition) is 2. The minimum Gasteiger partial charge on any atom is -0.379 e. The summed E-state index contributed by atoms with van der Waals surface area (Å²) in [4.78, 5) is 4.52. The molecule has 6 nitrogen and oxygen atoms in total. The van der Waals surface area contributed by atoms with Gasteiger partial charge in [0.05, 0.1) is 11.5 Å². The van der Waals surface area contributed by atoms with Crippen LogP contribution in [-0.2, 0) is 21.0 Å². The van der Waals surface area contributed by atoms with Gasteiger partial charge in [-0.2, -0.15) is 0 Å². The molecule has 8 heteroatoms. The van der Waals surface area contributed by atoms with Crippen LogP contribution in [-0.4, -0.2) is 54.0 Å². The van der Waals surface area contributed by atoms with Crippen LogP contribution in [0, 0.1) is 5.92 Å². The second-order valence-electron chi connectivity index (χ2n) is 6.11. The van der Waals surface area contributed by atoms with Crippen LogP contribution in [0.3, 0.4) is 0 Å². The number of nitrogens with zero attached hydrogens (tertiary/aromatic N) is 1. The first-order valence-electron chi connectivity index (χ1n) is 8.30. The predicted molar refractivity (Wildman–Crippen MR) is 112 cm³/mol. The van der Waals surface area contributed by atoms with E-state index >= 15 is 0 Å². The van der Waals surface area contributed by atoms with Crippen molar-refractivity contribution in [3.63, 3.8) is 0 Å². The van der Waals surface area contributed by atoms with Gasteiger partial charge in [0.1, 0.15) is 0 Å². The van der Waals surface area contributed by atoms with Crippen LogP contribution >= 0.6 is 24.0 Å². The van der Waals surface area contributed by atoms with Crippen molar-refractivity contribution in [2.45, 2.75) is 24.2 Å². The van der Waals surface area contributed by atoms with Crippen molar-refractivity contribution >= 4 is 39.8 Å². The molecule has 1 aliphatic rings. The van der Waals surface area contributed by atoms with Crippen LogP contribution in [0.2, 0.25) is 0 Å². The third-order valence-corrected chi connectivity index (χ3v) is 5.00. The van der Waals surface area contributed by atoms with Crippen molar-refractivity contribution in [2.75, 3.05) is 39.6 Å². The molecule has 0 atom stereocenters. The van der Waals surface area contributed by atoms with Crippen LogP contribution in [0.1, 0.15) is 18.4 Å². The van der Waals surface area contributed by atoms with Crippen LogP contribution < -0.4 is 10.6 Å². The average molecular weight is 481 g/mol. The molecule has 0 aromatic heterocycles. The highest BCUT2D eigenvalue weighted by molar-refractivity contribution is 14.0. The van der Waals surface area contributed by atoms with Gasteiger partial charge in [-0.1, -0.05) is 12.1 Å². The fourth-order valence-corrected chi connectivity index (χ4v) is 2.86. The topological polar surface area (TPSA) is 79.8 Å². The lowest BCUT2D eigenvalue weighted by atomic mass is 10.1. The maximum atomic E-state index is 11.4. The van der Waals surface area contributed by atoms with Gasteiger partial charge in [0, 0.05) is 33.0 Å². The summed E-state index contributed by atoms with van der Waals surface area (Å²) in [5.41, 5.74) is 1.08. The molecule has 1 aromatic carbocycles. The van der Waals surface area contributed by atoms with E-state index in [2.05, 4.69) is 15.6 Å². The summed E-state index contributed by atoms with van der Waals surface area (Å²) in [5, 5.41) is 6.45. The summed E-state index contributed by atoms with van der Waals surface area (Å²) in [5.74, 6) is 1.54. The van der Waals surface area contributed by atoms with Crippen molar-refractivity contribution in [2.24, 2.45) is 10.9 Å². The molecule has 2 rings (SSSR count). The highest BCUT2D eigenvalue weighted by atomic mass is 127. The normalized spacial score (nSPS) is 14.7. The molecule has 1 aromatic rings. The highest BCUT2D eigenvalue weighted by Crippen LogP contribution is 2.28. The molecule has 2 N–H and O–H groups in total. The van der Waals surface area contributed by atoms with E-state index in [1.165, 1.54) is 19.1 Å². The van der Waals surface area contributed by atoms with E-state index in [-0.39, 0.29) is 24.0 Å². The number of rotatable bonds is 9. The Morgan fingerprint density at radius 2 is 1.84 bits per heavy atom. The van der Waals surface area contributed by atoms with Gasteiger partial charge in [0.2, 0.25) is 0 Å².